The van der Waals surface area contributed by atoms with Crippen molar-refractivity contribution in [2.24, 2.45) is 11.8 Å². The zero-order chi connectivity index (χ0) is 6.57. The van der Waals surface area contributed by atoms with Crippen molar-refractivity contribution in [3.05, 3.63) is 0 Å². The van der Waals surface area contributed by atoms with Gasteiger partial charge in [-0.1, -0.05) is 0 Å². The van der Waals surface area contributed by atoms with Crippen LogP contribution in [-0.4, -0.2) is 0 Å². The molecule has 0 spiro atoms. The molecule has 2 atom stereocenters. The Labute approximate surface area is 49.3 Å². The minimum absolute atomic E-state index is 0.139. The highest BCUT2D eigenvalue weighted by atomic mass is 14.3. The second-order valence-corrected chi connectivity index (χ2v) is 1.84. The van der Waals surface area contributed by atoms with Gasteiger partial charge in [0.05, 0.1) is 24.0 Å². The van der Waals surface area contributed by atoms with E-state index in [1.54, 1.807) is 13.8 Å². The molecule has 0 aromatic rings. The zero-order valence-electron chi connectivity index (χ0n) is 5.05. The van der Waals surface area contributed by atoms with Gasteiger partial charge in [-0.2, -0.15) is 10.5 Å². The fraction of sp³-hybridized carbons (Fsp3) is 0.667. The highest BCUT2D eigenvalue weighted by molar-refractivity contribution is 4.93. The van der Waals surface area contributed by atoms with Gasteiger partial charge >= 0.3 is 0 Å². The number of hydrogen-bond donors (Lipinski definition) is 0. The number of nitrogens with zero attached hydrogens (tertiary/aromatic N) is 2. The van der Waals surface area contributed by atoms with Gasteiger partial charge in [0, 0.05) is 0 Å². The third-order valence-electron chi connectivity index (χ3n) is 1.16. The summed E-state index contributed by atoms with van der Waals surface area (Å²) in [6.07, 6.45) is 0. The van der Waals surface area contributed by atoms with E-state index in [0.29, 0.717) is 0 Å². The van der Waals surface area contributed by atoms with Crippen LogP contribution in [0, 0.1) is 34.5 Å². The maximum Gasteiger partial charge on any atom is 0.0666 e. The Hall–Kier alpha value is -1.02. The van der Waals surface area contributed by atoms with E-state index < -0.39 is 0 Å². The lowest BCUT2D eigenvalue weighted by Crippen LogP contribution is -2.01. The van der Waals surface area contributed by atoms with E-state index in [-0.39, 0.29) is 11.8 Å². The Morgan fingerprint density at radius 1 is 1.00 bits per heavy atom. The smallest absolute Gasteiger partial charge is 0.0666 e. The summed E-state index contributed by atoms with van der Waals surface area (Å²) < 4.78 is 0. The summed E-state index contributed by atoms with van der Waals surface area (Å²) in [6.45, 7) is 3.49. The van der Waals surface area contributed by atoms with Crippen molar-refractivity contribution in [3.63, 3.8) is 0 Å². The van der Waals surface area contributed by atoms with Crippen LogP contribution in [0.2, 0.25) is 0 Å². The van der Waals surface area contributed by atoms with Crippen molar-refractivity contribution in [2.45, 2.75) is 13.8 Å². The van der Waals surface area contributed by atoms with E-state index in [4.69, 9.17) is 10.5 Å². The molecular weight excluding hydrogens is 100 g/mol. The molecular formula is C6H8N2. The minimum atomic E-state index is -0.139. The molecule has 0 saturated heterocycles. The standard InChI is InChI=1S/C6H8N2/c1-5(3-7)6(2)4-8/h5-6H,1-2H3/t5-,6+. The van der Waals surface area contributed by atoms with E-state index in [1.807, 2.05) is 12.1 Å². The largest absolute Gasteiger partial charge is 0.198 e. The molecule has 0 aliphatic heterocycles. The van der Waals surface area contributed by atoms with Gasteiger partial charge in [0.15, 0.2) is 0 Å². The Balaban J connectivity index is 3.72. The highest BCUT2D eigenvalue weighted by Gasteiger charge is 2.07. The van der Waals surface area contributed by atoms with E-state index in [2.05, 4.69) is 0 Å². The Kier molecular flexibility index (Phi) is 2.66. The van der Waals surface area contributed by atoms with Crippen molar-refractivity contribution in [3.8, 4) is 12.1 Å². The first-order valence-corrected chi connectivity index (χ1v) is 2.51. The van der Waals surface area contributed by atoms with Crippen molar-refractivity contribution < 1.29 is 0 Å². The lowest BCUT2D eigenvalue weighted by Gasteiger charge is -1.99. The SMILES string of the molecule is C[C@H](C#N)[C@@H](C)C#N. The van der Waals surface area contributed by atoms with Crippen molar-refractivity contribution >= 4 is 0 Å². The van der Waals surface area contributed by atoms with Crippen LogP contribution < -0.4 is 0 Å². The first-order chi connectivity index (χ1) is 3.72. The third kappa shape index (κ3) is 1.62. The van der Waals surface area contributed by atoms with Gasteiger partial charge in [0.1, 0.15) is 0 Å². The summed E-state index contributed by atoms with van der Waals surface area (Å²) in [5.74, 6) is -0.278. The Morgan fingerprint density at radius 3 is 1.38 bits per heavy atom. The van der Waals surface area contributed by atoms with Crippen molar-refractivity contribution in [1.82, 2.24) is 0 Å². The molecule has 0 aromatic heterocycles. The fourth-order valence-corrected chi connectivity index (χ4v) is 0.224. The predicted octanol–water partition coefficient (Wildman–Crippen LogP) is 1.31. The molecule has 2 heteroatoms. The average molecular weight is 108 g/mol. The number of hydrogen-bond acceptors (Lipinski definition) is 2. The van der Waals surface area contributed by atoms with Crippen molar-refractivity contribution in [1.29, 1.82) is 10.5 Å². The molecule has 2 nitrogen and oxygen atoms in total. The van der Waals surface area contributed by atoms with Gasteiger partial charge in [0.25, 0.3) is 0 Å². The lowest BCUT2D eigenvalue weighted by molar-refractivity contribution is 0.582. The first kappa shape index (κ1) is 6.98. The molecule has 8 heavy (non-hydrogen) atoms. The van der Waals surface area contributed by atoms with E-state index in [1.165, 1.54) is 0 Å². The lowest BCUT2D eigenvalue weighted by atomic mass is 10.00. The summed E-state index contributed by atoms with van der Waals surface area (Å²) in [7, 11) is 0. The van der Waals surface area contributed by atoms with Gasteiger partial charge in [0.2, 0.25) is 0 Å². The second-order valence-electron chi connectivity index (χ2n) is 1.84. The molecule has 0 bridgehead atoms. The van der Waals surface area contributed by atoms with Gasteiger partial charge in [-0.05, 0) is 13.8 Å². The Morgan fingerprint density at radius 2 is 1.25 bits per heavy atom. The molecule has 0 unspecified atom stereocenters. The molecule has 0 aromatic carbocycles. The second kappa shape index (κ2) is 3.04. The molecule has 0 fully saturated rings. The average Bonchev–Trinajstić information content (AvgIpc) is 1.84. The quantitative estimate of drug-likeness (QED) is 0.508. The third-order valence-corrected chi connectivity index (χ3v) is 1.16. The number of rotatable bonds is 1. The molecule has 0 saturated carbocycles. The Bertz CT molecular complexity index is 120. The van der Waals surface area contributed by atoms with Crippen LogP contribution in [0.1, 0.15) is 13.8 Å². The van der Waals surface area contributed by atoms with Crippen LogP contribution in [0.5, 0.6) is 0 Å². The molecule has 0 amide bonds. The first-order valence-electron chi connectivity index (χ1n) is 2.51. The summed E-state index contributed by atoms with van der Waals surface area (Å²) in [5.41, 5.74) is 0. The maximum atomic E-state index is 8.24. The topological polar surface area (TPSA) is 47.6 Å². The van der Waals surface area contributed by atoms with E-state index in [0.717, 1.165) is 0 Å². The summed E-state index contributed by atoms with van der Waals surface area (Å²) in [4.78, 5) is 0. The molecule has 0 rings (SSSR count). The molecule has 0 aliphatic rings. The fourth-order valence-electron chi connectivity index (χ4n) is 0.224. The molecule has 42 valence electrons. The van der Waals surface area contributed by atoms with Crippen LogP contribution in [0.25, 0.3) is 0 Å². The molecule has 0 heterocycles. The zero-order valence-corrected chi connectivity index (χ0v) is 5.05. The highest BCUT2D eigenvalue weighted by Crippen LogP contribution is 2.06. The van der Waals surface area contributed by atoms with Gasteiger partial charge < -0.3 is 0 Å². The normalized spacial score (nSPS) is 15.5. The number of nitriles is 2. The maximum absolute atomic E-state index is 8.24. The van der Waals surface area contributed by atoms with Crippen LogP contribution in [-0.2, 0) is 0 Å². The monoisotopic (exact) mass is 108 g/mol. The van der Waals surface area contributed by atoms with Crippen LogP contribution in [0.3, 0.4) is 0 Å². The minimum Gasteiger partial charge on any atom is -0.198 e. The van der Waals surface area contributed by atoms with Crippen LogP contribution in [0.4, 0.5) is 0 Å². The van der Waals surface area contributed by atoms with E-state index in [9.17, 15) is 0 Å². The van der Waals surface area contributed by atoms with Gasteiger partial charge in [-0.25, -0.2) is 0 Å². The molecule has 0 N–H and O–H groups in total. The van der Waals surface area contributed by atoms with Crippen LogP contribution >= 0.6 is 0 Å². The summed E-state index contributed by atoms with van der Waals surface area (Å²) in [5, 5.41) is 16.5. The predicted molar refractivity (Wildman–Crippen MR) is 29.6 cm³/mol. The molecule has 0 aliphatic carbocycles. The molecule has 0 radical (unpaired) electrons. The van der Waals surface area contributed by atoms with Crippen LogP contribution in [0.15, 0.2) is 0 Å². The summed E-state index contributed by atoms with van der Waals surface area (Å²) >= 11 is 0. The van der Waals surface area contributed by atoms with Gasteiger partial charge in [-0.3, -0.25) is 0 Å². The van der Waals surface area contributed by atoms with Crippen molar-refractivity contribution in [2.75, 3.05) is 0 Å². The van der Waals surface area contributed by atoms with Gasteiger partial charge in [-0.15, -0.1) is 0 Å². The summed E-state index contributed by atoms with van der Waals surface area (Å²) in [6, 6.07) is 3.99. The van der Waals surface area contributed by atoms with E-state index >= 15 is 0 Å².